The normalized spacial score (nSPS) is 15.6. The van der Waals surface area contributed by atoms with E-state index in [9.17, 15) is 0 Å². The van der Waals surface area contributed by atoms with Crippen molar-refractivity contribution < 1.29 is 4.74 Å². The third-order valence-electron chi connectivity index (χ3n) is 5.33. The van der Waals surface area contributed by atoms with Crippen LogP contribution in [0.4, 0.5) is 0 Å². The van der Waals surface area contributed by atoms with E-state index < -0.39 is 0 Å². The summed E-state index contributed by atoms with van der Waals surface area (Å²) in [5.41, 5.74) is 5.51. The molecule has 26 heavy (non-hydrogen) atoms. The maximum Gasteiger partial charge on any atom is 0.0594 e. The first kappa shape index (κ1) is 17.3. The van der Waals surface area contributed by atoms with Gasteiger partial charge in [0.2, 0.25) is 0 Å². The van der Waals surface area contributed by atoms with E-state index in [0.29, 0.717) is 0 Å². The van der Waals surface area contributed by atoms with Crippen LogP contribution in [0.5, 0.6) is 0 Å². The molecule has 0 atom stereocenters. The van der Waals surface area contributed by atoms with Crippen molar-refractivity contribution in [3.8, 4) is 0 Å². The van der Waals surface area contributed by atoms with Crippen LogP contribution >= 0.6 is 0 Å². The van der Waals surface area contributed by atoms with E-state index in [0.717, 1.165) is 39.3 Å². The molecule has 3 heteroatoms. The Labute approximate surface area is 156 Å². The van der Waals surface area contributed by atoms with Crippen LogP contribution in [0.1, 0.15) is 23.1 Å². The van der Waals surface area contributed by atoms with Crippen molar-refractivity contribution in [3.05, 3.63) is 71.4 Å². The molecule has 3 aromatic rings. The van der Waals surface area contributed by atoms with E-state index in [1.54, 1.807) is 0 Å². The predicted octanol–water partition coefficient (Wildman–Crippen LogP) is 4.26. The molecule has 0 radical (unpaired) electrons. The molecule has 3 nitrogen and oxygen atoms in total. The molecule has 0 aliphatic carbocycles. The number of benzene rings is 2. The summed E-state index contributed by atoms with van der Waals surface area (Å²) >= 11 is 0. The van der Waals surface area contributed by atoms with Gasteiger partial charge < -0.3 is 9.30 Å². The molecule has 1 aliphatic rings. The minimum atomic E-state index is 0.885. The van der Waals surface area contributed by atoms with Crippen molar-refractivity contribution in [1.29, 1.82) is 0 Å². The molecular formula is C23H28N2O. The van der Waals surface area contributed by atoms with Gasteiger partial charge in [-0.1, -0.05) is 48.0 Å². The third-order valence-corrected chi connectivity index (χ3v) is 5.33. The molecule has 0 spiro atoms. The number of aryl methyl sites for hydroxylation is 2. The predicted molar refractivity (Wildman–Crippen MR) is 108 cm³/mol. The molecule has 0 unspecified atom stereocenters. The second-order valence-electron chi connectivity index (χ2n) is 7.35. The van der Waals surface area contributed by atoms with E-state index in [4.69, 9.17) is 4.74 Å². The SMILES string of the molecule is Cc1cccc(Cn2cc(CCCN3CCOCC3)c3ccccc32)c1. The molecule has 4 rings (SSSR count). The van der Waals surface area contributed by atoms with E-state index in [1.165, 1.54) is 40.6 Å². The zero-order valence-electron chi connectivity index (χ0n) is 15.7. The molecule has 0 N–H and O–H groups in total. The molecule has 1 aliphatic heterocycles. The van der Waals surface area contributed by atoms with E-state index in [-0.39, 0.29) is 0 Å². The molecular weight excluding hydrogens is 320 g/mol. The average Bonchev–Trinajstić information content (AvgIpc) is 3.01. The molecule has 0 amide bonds. The Kier molecular flexibility index (Phi) is 5.37. The second-order valence-corrected chi connectivity index (χ2v) is 7.35. The number of morpholine rings is 1. The Morgan fingerprint density at radius 1 is 1.00 bits per heavy atom. The van der Waals surface area contributed by atoms with Gasteiger partial charge in [0.05, 0.1) is 13.2 Å². The summed E-state index contributed by atoms with van der Waals surface area (Å²) in [5, 5.41) is 1.40. The molecule has 2 heterocycles. The van der Waals surface area contributed by atoms with Crippen LogP contribution in [0.15, 0.2) is 54.7 Å². The fraction of sp³-hybridized carbons (Fsp3) is 0.391. The van der Waals surface area contributed by atoms with E-state index in [2.05, 4.69) is 71.1 Å². The van der Waals surface area contributed by atoms with Crippen LogP contribution in [-0.2, 0) is 17.7 Å². The van der Waals surface area contributed by atoms with Gasteiger partial charge in [-0.3, -0.25) is 4.90 Å². The number of hydrogen-bond acceptors (Lipinski definition) is 2. The van der Waals surface area contributed by atoms with Gasteiger partial charge in [-0.05, 0) is 43.5 Å². The molecule has 1 aromatic heterocycles. The Balaban J connectivity index is 1.50. The van der Waals surface area contributed by atoms with Crippen molar-refractivity contribution in [2.24, 2.45) is 0 Å². The fourth-order valence-electron chi connectivity index (χ4n) is 3.98. The highest BCUT2D eigenvalue weighted by molar-refractivity contribution is 5.84. The lowest BCUT2D eigenvalue weighted by molar-refractivity contribution is 0.0375. The Hall–Kier alpha value is -2.10. The average molecular weight is 348 g/mol. The highest BCUT2D eigenvalue weighted by atomic mass is 16.5. The molecule has 1 saturated heterocycles. The van der Waals surface area contributed by atoms with Gasteiger partial charge in [0.1, 0.15) is 0 Å². The Bertz CT molecular complexity index is 862. The minimum absolute atomic E-state index is 0.885. The molecule has 0 saturated carbocycles. The zero-order valence-corrected chi connectivity index (χ0v) is 15.7. The van der Waals surface area contributed by atoms with Crippen molar-refractivity contribution in [2.45, 2.75) is 26.3 Å². The number of nitrogens with zero attached hydrogens (tertiary/aromatic N) is 2. The Morgan fingerprint density at radius 3 is 2.69 bits per heavy atom. The quantitative estimate of drug-likeness (QED) is 0.662. The number of fused-ring (bicyclic) bond motifs is 1. The van der Waals surface area contributed by atoms with Gasteiger partial charge in [0.15, 0.2) is 0 Å². The Morgan fingerprint density at radius 2 is 1.85 bits per heavy atom. The number of rotatable bonds is 6. The number of aromatic nitrogens is 1. The topological polar surface area (TPSA) is 17.4 Å². The molecule has 1 fully saturated rings. The van der Waals surface area contributed by atoms with Crippen LogP contribution in [0, 0.1) is 6.92 Å². The van der Waals surface area contributed by atoms with Crippen LogP contribution in [0.2, 0.25) is 0 Å². The standard InChI is InChI=1S/C23H28N2O/c1-19-6-4-7-20(16-19)17-25-18-21(22-9-2-3-10-23(22)25)8-5-11-24-12-14-26-15-13-24/h2-4,6-7,9-10,16,18H,5,8,11-15,17H2,1H3. The van der Waals surface area contributed by atoms with Gasteiger partial charge in [-0.15, -0.1) is 0 Å². The summed E-state index contributed by atoms with van der Waals surface area (Å²) in [6.45, 7) is 8.19. The van der Waals surface area contributed by atoms with Crippen LogP contribution < -0.4 is 0 Å². The monoisotopic (exact) mass is 348 g/mol. The van der Waals surface area contributed by atoms with Crippen molar-refractivity contribution in [3.63, 3.8) is 0 Å². The summed E-state index contributed by atoms with van der Waals surface area (Å²) in [6, 6.07) is 17.6. The van der Waals surface area contributed by atoms with Gasteiger partial charge in [0, 0.05) is 36.7 Å². The first-order valence-corrected chi connectivity index (χ1v) is 9.72. The molecule has 136 valence electrons. The lowest BCUT2D eigenvalue weighted by Crippen LogP contribution is -2.36. The fourth-order valence-corrected chi connectivity index (χ4v) is 3.98. The van der Waals surface area contributed by atoms with Gasteiger partial charge in [-0.25, -0.2) is 0 Å². The number of para-hydroxylation sites is 1. The first-order chi connectivity index (χ1) is 12.8. The van der Waals surface area contributed by atoms with Crippen molar-refractivity contribution in [1.82, 2.24) is 9.47 Å². The lowest BCUT2D eigenvalue weighted by Gasteiger charge is -2.26. The zero-order chi connectivity index (χ0) is 17.8. The van der Waals surface area contributed by atoms with Gasteiger partial charge >= 0.3 is 0 Å². The van der Waals surface area contributed by atoms with Crippen molar-refractivity contribution in [2.75, 3.05) is 32.8 Å². The highest BCUT2D eigenvalue weighted by Gasteiger charge is 2.12. The first-order valence-electron chi connectivity index (χ1n) is 9.72. The van der Waals surface area contributed by atoms with E-state index in [1.807, 2.05) is 0 Å². The highest BCUT2D eigenvalue weighted by Crippen LogP contribution is 2.24. The van der Waals surface area contributed by atoms with Gasteiger partial charge in [0.25, 0.3) is 0 Å². The van der Waals surface area contributed by atoms with E-state index >= 15 is 0 Å². The largest absolute Gasteiger partial charge is 0.379 e. The molecule has 0 bridgehead atoms. The van der Waals surface area contributed by atoms with Crippen LogP contribution in [-0.4, -0.2) is 42.3 Å². The van der Waals surface area contributed by atoms with Crippen LogP contribution in [0.3, 0.4) is 0 Å². The lowest BCUT2D eigenvalue weighted by atomic mass is 10.1. The number of hydrogen-bond donors (Lipinski definition) is 0. The summed E-state index contributed by atoms with van der Waals surface area (Å²) in [7, 11) is 0. The molecule has 2 aromatic carbocycles. The third kappa shape index (κ3) is 4.00. The summed E-state index contributed by atoms with van der Waals surface area (Å²) < 4.78 is 7.86. The summed E-state index contributed by atoms with van der Waals surface area (Å²) in [6.07, 6.45) is 4.71. The smallest absolute Gasteiger partial charge is 0.0594 e. The maximum atomic E-state index is 5.45. The summed E-state index contributed by atoms with van der Waals surface area (Å²) in [4.78, 5) is 2.52. The number of ether oxygens (including phenoxy) is 1. The second kappa shape index (κ2) is 8.07. The summed E-state index contributed by atoms with van der Waals surface area (Å²) in [5.74, 6) is 0. The van der Waals surface area contributed by atoms with Crippen molar-refractivity contribution >= 4 is 10.9 Å². The maximum absolute atomic E-state index is 5.45. The van der Waals surface area contributed by atoms with Crippen LogP contribution in [0.25, 0.3) is 10.9 Å². The van der Waals surface area contributed by atoms with Gasteiger partial charge in [-0.2, -0.15) is 0 Å². The minimum Gasteiger partial charge on any atom is -0.379 e.